The average Bonchev–Trinajstić information content (AvgIpc) is 1.65. The number of phenols is 4. The fourth-order valence-corrected chi connectivity index (χ4v) is 31.5. The van der Waals surface area contributed by atoms with E-state index >= 15 is 0 Å². The van der Waals surface area contributed by atoms with Gasteiger partial charge in [-0.3, -0.25) is 39.1 Å². The highest BCUT2D eigenvalue weighted by molar-refractivity contribution is 8.00. The number of aromatic nitrogens is 1. The summed E-state index contributed by atoms with van der Waals surface area (Å²) >= 11 is 1.67. The number of carbonyl (C=O) groups excluding carboxylic acids is 2. The van der Waals surface area contributed by atoms with Crippen molar-refractivity contribution in [2.75, 3.05) is 98.2 Å². The van der Waals surface area contributed by atoms with Crippen molar-refractivity contribution in [1.29, 1.82) is 0 Å². The van der Waals surface area contributed by atoms with Gasteiger partial charge in [0, 0.05) is 106 Å². The molecule has 1 aromatic heterocycles. The first kappa shape index (κ1) is 99.1. The molecule has 5 aliphatic heterocycles. The van der Waals surface area contributed by atoms with E-state index in [9.17, 15) is 97.3 Å². The second kappa shape index (κ2) is 43.2. The highest BCUT2D eigenvalue weighted by Gasteiger charge is 2.51. The minimum absolute atomic E-state index is 0.0310. The summed E-state index contributed by atoms with van der Waals surface area (Å²) in [5.41, 5.74) is 2.63. The van der Waals surface area contributed by atoms with Crippen molar-refractivity contribution in [2.45, 2.75) is 133 Å². The Labute approximate surface area is 797 Å². The maximum absolute atomic E-state index is 13.8. The van der Waals surface area contributed by atoms with Gasteiger partial charge < -0.3 is 40.9 Å². The van der Waals surface area contributed by atoms with Gasteiger partial charge in [-0.1, -0.05) is 103 Å². The fraction of sp³-hybridized carbons (Fsp3) is 0.413. The molecule has 18 atom stereocenters. The molecule has 10 aliphatic rings. The minimum Gasteiger partial charge on any atom is -0.508 e. The largest absolute Gasteiger partial charge is 0.508 e. The molecule has 20 rings (SSSR count). The molecule has 136 heavy (non-hydrogen) atoms. The van der Waals surface area contributed by atoms with Crippen molar-refractivity contribution in [3.8, 4) is 28.7 Å². The smallest absolute Gasteiger partial charge is 0.181 e. The average molecular weight is 1960 g/mol. The van der Waals surface area contributed by atoms with Crippen LogP contribution in [0.15, 0.2) is 273 Å². The number of halogens is 3. The highest BCUT2D eigenvalue weighted by Crippen LogP contribution is 2.50. The summed E-state index contributed by atoms with van der Waals surface area (Å²) in [7, 11) is -13.2. The normalized spacial score (nSPS) is 26.0. The number of likely N-dealkylation sites (tertiary alicyclic amines) is 5. The maximum Gasteiger partial charge on any atom is 0.181 e. The molecule has 6 heterocycles. The van der Waals surface area contributed by atoms with Crippen LogP contribution in [0, 0.1) is 76.6 Å². The molecular formula is C104H117F3N6O18S5. The summed E-state index contributed by atoms with van der Waals surface area (Å²) in [6.07, 6.45) is 6.73. The lowest BCUT2D eigenvalue weighted by atomic mass is 10.0. The van der Waals surface area contributed by atoms with Gasteiger partial charge in [-0.15, -0.1) is 11.8 Å². The maximum atomic E-state index is 13.8. The van der Waals surface area contributed by atoms with Gasteiger partial charge >= 0.3 is 0 Å². The number of hydrogen-bond acceptors (Lipinski definition) is 25. The number of benzene rings is 9. The quantitative estimate of drug-likeness (QED) is 0.0246. The van der Waals surface area contributed by atoms with E-state index in [-0.39, 0.29) is 79.6 Å². The number of fused-ring (bicyclic) bond motifs is 5. The topological polar surface area (TPSA) is 362 Å². The number of rotatable bonds is 25. The molecule has 8 unspecified atom stereocenters. The van der Waals surface area contributed by atoms with Gasteiger partial charge in [0.1, 0.15) is 29.2 Å². The van der Waals surface area contributed by atoms with Crippen LogP contribution in [-0.4, -0.2) is 240 Å². The molecule has 10 aromatic rings. The van der Waals surface area contributed by atoms with Crippen LogP contribution < -0.4 is 0 Å². The number of carbonyl (C=O) groups is 2. The Morgan fingerprint density at radius 1 is 0.324 bits per heavy atom. The molecule has 0 radical (unpaired) electrons. The van der Waals surface area contributed by atoms with Crippen LogP contribution in [0.1, 0.15) is 120 Å². The number of hydrogen-bond donors (Lipinski definition) is 8. The zero-order valence-electron chi connectivity index (χ0n) is 75.3. The molecular weight excluding hydrogens is 1840 g/mol. The minimum atomic E-state index is -3.32. The Morgan fingerprint density at radius 2 is 0.625 bits per heavy atom. The van der Waals surface area contributed by atoms with Crippen molar-refractivity contribution in [1.82, 2.24) is 29.5 Å². The van der Waals surface area contributed by atoms with E-state index in [2.05, 4.69) is 24.6 Å². The first-order valence-electron chi connectivity index (χ1n) is 46.6. The van der Waals surface area contributed by atoms with Gasteiger partial charge in [-0.2, -0.15) is 0 Å². The monoisotopic (exact) mass is 1950 g/mol. The van der Waals surface area contributed by atoms with E-state index in [1.807, 2.05) is 35.2 Å². The predicted molar refractivity (Wildman–Crippen MR) is 511 cm³/mol. The Bertz CT molecular complexity index is 6190. The first-order chi connectivity index (χ1) is 65.1. The van der Waals surface area contributed by atoms with Crippen LogP contribution in [0.2, 0.25) is 0 Å². The van der Waals surface area contributed by atoms with E-state index in [0.29, 0.717) is 180 Å². The number of aromatic hydroxyl groups is 5. The SMILES string of the molecule is O=C(CN1C[C@H]2CC(S(=O)(=O)c3ccccc3)C[C@H]2C1)c1ccc(O)c(F)c1.O=C(CN1C[C@H]2CC(S(=O)(=O)c3ccccc3)C[C@H]2C1)c1ccc(O)cc1.O=S(=O)(c1ccccc1)C1C[C@@H]2CN(CC(O)c3ccc(O)c(F)c3)C[C@@H]2C1.O=S(=O)(c1ccccc1)C1C[C@@H]2CN(CC(O)c3ccc(O)cc3)C[C@@H]2C1.Oc1ccc(C(O)CN2C[C@H]3CC(Sc4ccccc4F)C[C@H]3C2)nc1. The standard InChI is InChI=1S/C21H24FNO4S.C21H22FNO4S.C21H25NO4S.C21H23NO4S.C20H23FN2O2S/c2*22-19-10-14(6-7-20(19)24)21(25)13-23-11-15-8-18(9-16(15)12-23)28(26,27)17-4-2-1-3-5-17;2*23-18-8-6-15(7-9-18)21(24)14-22-12-16-10-20(11-17(16)13-22)27(25,26)19-4-2-1-3-5-19;21-17-3-1-2-4-20(17)26-16-7-13-10-23(11-14(13)8-16)12-19(25)18-6-5-15(24)9-22-18/h1-7,10,15-16,18,21,24-25H,8-9,11-13H2;1-7,10,15-16,18,24H,8-9,11-13H2;1-9,16-17,20-21,23-24H,10-14H2;1-9,16-17,20,23H,10-14H2;1-6,9,13-14,16,19,24-25H,7-8,10-12H2/t15-,16+,18?,21?;15-,16+,18?;16-,17+,20?,21?;16-,17+,20?;13-,14+,16?,19?. The van der Waals surface area contributed by atoms with E-state index < -0.39 is 80.8 Å². The van der Waals surface area contributed by atoms with Crippen LogP contribution in [0.25, 0.3) is 0 Å². The van der Waals surface area contributed by atoms with Gasteiger partial charge in [-0.25, -0.2) is 46.8 Å². The van der Waals surface area contributed by atoms with E-state index in [1.54, 1.807) is 169 Å². The summed E-state index contributed by atoms with van der Waals surface area (Å²) in [4.78, 5) is 42.1. The third-order valence-electron chi connectivity index (χ3n) is 29.3. The van der Waals surface area contributed by atoms with Crippen LogP contribution in [-0.2, 0) is 39.3 Å². The van der Waals surface area contributed by atoms with Gasteiger partial charge in [0.2, 0.25) is 0 Å². The molecule has 10 fully saturated rings. The Hall–Kier alpha value is -9.91. The predicted octanol–water partition coefficient (Wildman–Crippen LogP) is 14.5. The number of aliphatic hydroxyl groups is 3. The number of β-amino-alcohol motifs (C(OH)–C–C–N with tert-alkyl or cyclic N) is 3. The van der Waals surface area contributed by atoms with Gasteiger partial charge in [0.25, 0.3) is 0 Å². The summed E-state index contributed by atoms with van der Waals surface area (Å²) < 4.78 is 144. The Balaban J connectivity index is 0.000000123. The number of phenolic OH excluding ortho intramolecular Hbond substituents is 4. The van der Waals surface area contributed by atoms with Gasteiger partial charge in [0.15, 0.2) is 74.0 Å². The summed E-state index contributed by atoms with van der Waals surface area (Å²) in [6, 6.07) is 65.4. The second-order valence-corrected chi connectivity index (χ2v) is 48.7. The lowest BCUT2D eigenvalue weighted by molar-refractivity contribution is 0.0932. The lowest BCUT2D eigenvalue weighted by Crippen LogP contribution is -2.30. The number of pyridine rings is 1. The van der Waals surface area contributed by atoms with Crippen molar-refractivity contribution in [3.05, 3.63) is 294 Å². The molecule has 0 spiro atoms. The molecule has 9 aromatic carbocycles. The van der Waals surface area contributed by atoms with Crippen molar-refractivity contribution >= 4 is 62.7 Å². The molecule has 5 aliphatic carbocycles. The Morgan fingerprint density at radius 3 is 0.985 bits per heavy atom. The van der Waals surface area contributed by atoms with Crippen LogP contribution in [0.3, 0.4) is 0 Å². The number of aliphatic hydroxyl groups excluding tert-OH is 3. The number of ketones is 2. The van der Waals surface area contributed by atoms with Crippen molar-refractivity contribution in [3.63, 3.8) is 0 Å². The Kier molecular flexibility index (Phi) is 31.5. The lowest BCUT2D eigenvalue weighted by Gasteiger charge is -2.22. The second-order valence-electron chi connectivity index (χ2n) is 38.4. The van der Waals surface area contributed by atoms with Gasteiger partial charge in [0.05, 0.1) is 77.8 Å². The molecule has 8 N–H and O–H groups in total. The van der Waals surface area contributed by atoms with Crippen LogP contribution in [0.4, 0.5) is 13.2 Å². The molecule has 722 valence electrons. The molecule has 24 nitrogen and oxygen atoms in total. The summed E-state index contributed by atoms with van der Waals surface area (Å²) in [6.45, 7) is 9.99. The zero-order valence-corrected chi connectivity index (χ0v) is 79.3. The number of nitrogens with zero attached hydrogens (tertiary/aromatic N) is 6. The van der Waals surface area contributed by atoms with Crippen LogP contribution >= 0.6 is 11.8 Å². The van der Waals surface area contributed by atoms with Crippen LogP contribution in [0.5, 0.6) is 28.7 Å². The van der Waals surface area contributed by atoms with Crippen molar-refractivity contribution in [2.24, 2.45) is 59.2 Å². The first-order valence-corrected chi connectivity index (χ1v) is 53.7. The fourth-order valence-electron chi connectivity index (χ4n) is 22.4. The van der Waals surface area contributed by atoms with E-state index in [1.165, 1.54) is 48.7 Å². The molecule has 0 bridgehead atoms. The van der Waals surface area contributed by atoms with E-state index in [0.717, 1.165) is 87.8 Å². The number of Topliss-reactive ketones (excluding diaryl/α,β-unsaturated/α-hetero) is 2. The summed E-state index contributed by atoms with van der Waals surface area (Å²) in [5.74, 6) is 1.46. The zero-order chi connectivity index (χ0) is 95.9. The third-order valence-corrected chi connectivity index (χ3v) is 39.4. The van der Waals surface area contributed by atoms with Crippen molar-refractivity contribution < 1.29 is 97.3 Å². The molecule has 0 amide bonds. The number of thioether (sulfide) groups is 1. The third kappa shape index (κ3) is 23.8. The number of sulfone groups is 4. The highest BCUT2D eigenvalue weighted by atomic mass is 32.2. The van der Waals surface area contributed by atoms with E-state index in [4.69, 9.17) is 0 Å². The van der Waals surface area contributed by atoms with Gasteiger partial charge in [-0.05, 0) is 274 Å². The molecule has 32 heteroatoms. The molecule has 5 saturated carbocycles. The summed E-state index contributed by atoms with van der Waals surface area (Å²) in [5, 5.41) is 76.9. The molecule has 5 saturated heterocycles.